The molecule has 1 aromatic heterocycles. The molecule has 1 aliphatic carbocycles. The first kappa shape index (κ1) is 8.54. The van der Waals surface area contributed by atoms with Gasteiger partial charge >= 0.3 is 0 Å². The minimum atomic E-state index is 0.0293. The van der Waals surface area contributed by atoms with Gasteiger partial charge in [0.15, 0.2) is 11.5 Å². The van der Waals surface area contributed by atoms with Crippen LogP contribution in [-0.4, -0.2) is 5.78 Å². The van der Waals surface area contributed by atoms with Crippen LogP contribution in [0.5, 0.6) is 0 Å². The van der Waals surface area contributed by atoms with Gasteiger partial charge in [-0.2, -0.15) is 0 Å². The van der Waals surface area contributed by atoms with E-state index in [1.807, 2.05) is 6.07 Å². The van der Waals surface area contributed by atoms with Crippen LogP contribution in [0.2, 0.25) is 0 Å². The summed E-state index contributed by atoms with van der Waals surface area (Å²) in [4.78, 5) is 11.1. The van der Waals surface area contributed by atoms with E-state index in [4.69, 9.17) is 4.42 Å². The molecule has 2 nitrogen and oxygen atoms in total. The number of aryl methyl sites for hydroxylation is 1. The van der Waals surface area contributed by atoms with Crippen LogP contribution < -0.4 is 0 Å². The molecule has 1 atom stereocenters. The Bertz CT molecular complexity index is 336. The predicted molar refractivity (Wildman–Crippen MR) is 50.1 cm³/mol. The van der Waals surface area contributed by atoms with E-state index in [1.165, 1.54) is 18.4 Å². The summed E-state index contributed by atoms with van der Waals surface area (Å²) in [6.07, 6.45) is 3.38. The Labute approximate surface area is 77.9 Å². The Morgan fingerprint density at radius 1 is 1.62 bits per heavy atom. The summed E-state index contributed by atoms with van der Waals surface area (Å²) < 4.78 is 5.49. The van der Waals surface area contributed by atoms with E-state index in [0.717, 1.165) is 12.2 Å². The molecule has 0 aliphatic heterocycles. The molecular weight excluding hydrogens is 164 g/mol. The smallest absolute Gasteiger partial charge is 0.194 e. The number of Topliss-reactive ketones (excluding diaryl/α,β-unsaturated/α-hetero) is 1. The van der Waals surface area contributed by atoms with Crippen molar-refractivity contribution in [3.8, 4) is 0 Å². The molecule has 0 fully saturated rings. The van der Waals surface area contributed by atoms with E-state index in [2.05, 4.69) is 6.92 Å². The van der Waals surface area contributed by atoms with Crippen molar-refractivity contribution in [2.75, 3.05) is 0 Å². The molecule has 1 heterocycles. The van der Waals surface area contributed by atoms with E-state index in [0.29, 0.717) is 11.7 Å². The summed E-state index contributed by atoms with van der Waals surface area (Å²) in [6.45, 7) is 3.74. The van der Waals surface area contributed by atoms with Crippen LogP contribution in [0.1, 0.15) is 54.5 Å². The second-order valence-electron chi connectivity index (χ2n) is 3.84. The van der Waals surface area contributed by atoms with Gasteiger partial charge in [-0.1, -0.05) is 6.92 Å². The van der Waals surface area contributed by atoms with Gasteiger partial charge in [0, 0.05) is 13.3 Å². The third kappa shape index (κ3) is 1.41. The van der Waals surface area contributed by atoms with Crippen molar-refractivity contribution >= 4 is 5.78 Å². The molecule has 70 valence electrons. The minimum Gasteiger partial charge on any atom is -0.458 e. The maximum atomic E-state index is 11.1. The summed E-state index contributed by atoms with van der Waals surface area (Å²) in [6, 6.07) is 1.92. The minimum absolute atomic E-state index is 0.0293. The molecule has 0 N–H and O–H groups in total. The highest BCUT2D eigenvalue weighted by atomic mass is 16.3. The summed E-state index contributed by atoms with van der Waals surface area (Å²) in [5.41, 5.74) is 1.25. The molecule has 0 saturated carbocycles. The lowest BCUT2D eigenvalue weighted by Gasteiger charge is -2.16. The van der Waals surface area contributed by atoms with Crippen molar-refractivity contribution in [2.45, 2.75) is 39.0 Å². The van der Waals surface area contributed by atoms with Crippen LogP contribution in [0.4, 0.5) is 0 Å². The molecule has 1 unspecified atom stereocenters. The molecule has 0 aromatic carbocycles. The average Bonchev–Trinajstić information content (AvgIpc) is 2.49. The Kier molecular flexibility index (Phi) is 1.98. The van der Waals surface area contributed by atoms with Crippen LogP contribution >= 0.6 is 0 Å². The number of rotatable bonds is 1. The molecule has 0 amide bonds. The summed E-state index contributed by atoms with van der Waals surface area (Å²) >= 11 is 0. The van der Waals surface area contributed by atoms with Gasteiger partial charge in [-0.25, -0.2) is 0 Å². The fourth-order valence-corrected chi connectivity index (χ4v) is 1.95. The summed E-state index contributed by atoms with van der Waals surface area (Å²) in [7, 11) is 0. The normalized spacial score (nSPS) is 21.2. The van der Waals surface area contributed by atoms with Crippen LogP contribution in [-0.2, 0) is 6.42 Å². The Morgan fingerprint density at radius 2 is 2.38 bits per heavy atom. The van der Waals surface area contributed by atoms with Crippen molar-refractivity contribution in [3.63, 3.8) is 0 Å². The molecule has 0 spiro atoms. The Morgan fingerprint density at radius 3 is 3.00 bits per heavy atom. The number of ketones is 1. The number of fused-ring (bicyclic) bond motifs is 1. The van der Waals surface area contributed by atoms with Crippen LogP contribution in [0.3, 0.4) is 0 Å². The molecule has 1 aliphatic rings. The van der Waals surface area contributed by atoms with Crippen molar-refractivity contribution in [1.29, 1.82) is 0 Å². The van der Waals surface area contributed by atoms with Gasteiger partial charge in [-0.05, 0) is 30.4 Å². The predicted octanol–water partition coefficient (Wildman–Crippen LogP) is 2.92. The zero-order valence-electron chi connectivity index (χ0n) is 8.09. The van der Waals surface area contributed by atoms with Gasteiger partial charge in [0.05, 0.1) is 0 Å². The van der Waals surface area contributed by atoms with E-state index in [9.17, 15) is 4.79 Å². The summed E-state index contributed by atoms with van der Waals surface area (Å²) in [5.74, 6) is 2.14. The Balaban J connectivity index is 2.42. The monoisotopic (exact) mass is 178 g/mol. The van der Waals surface area contributed by atoms with Crippen LogP contribution in [0.25, 0.3) is 0 Å². The van der Waals surface area contributed by atoms with Gasteiger partial charge in [0.25, 0.3) is 0 Å². The van der Waals surface area contributed by atoms with E-state index >= 15 is 0 Å². The standard InChI is InChI=1S/C11H14O2/c1-7-4-3-5-10-9(7)6-11(13-10)8(2)12/h6-7H,3-5H2,1-2H3. The third-order valence-corrected chi connectivity index (χ3v) is 2.76. The first-order valence-corrected chi connectivity index (χ1v) is 4.82. The Hall–Kier alpha value is -1.05. The van der Waals surface area contributed by atoms with Gasteiger partial charge in [-0.15, -0.1) is 0 Å². The maximum Gasteiger partial charge on any atom is 0.194 e. The molecule has 1 aromatic rings. The van der Waals surface area contributed by atoms with Crippen LogP contribution in [0.15, 0.2) is 10.5 Å². The highest BCUT2D eigenvalue weighted by molar-refractivity contribution is 5.91. The number of hydrogen-bond donors (Lipinski definition) is 0. The van der Waals surface area contributed by atoms with Gasteiger partial charge < -0.3 is 4.42 Å². The first-order valence-electron chi connectivity index (χ1n) is 4.82. The quantitative estimate of drug-likeness (QED) is 0.619. The lowest BCUT2D eigenvalue weighted by atomic mass is 9.89. The highest BCUT2D eigenvalue weighted by Crippen LogP contribution is 2.33. The lowest BCUT2D eigenvalue weighted by molar-refractivity contribution is 0.0985. The zero-order chi connectivity index (χ0) is 9.42. The molecule has 2 rings (SSSR count). The fraction of sp³-hybridized carbons (Fsp3) is 0.545. The number of carbonyl (C=O) groups excluding carboxylic acids is 1. The second kappa shape index (κ2) is 3.02. The molecular formula is C11H14O2. The number of hydrogen-bond acceptors (Lipinski definition) is 2. The summed E-state index contributed by atoms with van der Waals surface area (Å²) in [5, 5.41) is 0. The number of carbonyl (C=O) groups is 1. The van der Waals surface area contributed by atoms with Crippen molar-refractivity contribution in [2.24, 2.45) is 0 Å². The fourth-order valence-electron chi connectivity index (χ4n) is 1.95. The molecule has 0 radical (unpaired) electrons. The maximum absolute atomic E-state index is 11.1. The SMILES string of the molecule is CC(=O)c1cc2c(o1)CCCC2C. The lowest BCUT2D eigenvalue weighted by Crippen LogP contribution is -2.03. The largest absolute Gasteiger partial charge is 0.458 e. The highest BCUT2D eigenvalue weighted by Gasteiger charge is 2.22. The van der Waals surface area contributed by atoms with E-state index < -0.39 is 0 Å². The van der Waals surface area contributed by atoms with Crippen molar-refractivity contribution in [1.82, 2.24) is 0 Å². The molecule has 13 heavy (non-hydrogen) atoms. The number of furan rings is 1. The van der Waals surface area contributed by atoms with Gasteiger partial charge in [-0.3, -0.25) is 4.79 Å². The van der Waals surface area contributed by atoms with Gasteiger partial charge in [0.2, 0.25) is 0 Å². The van der Waals surface area contributed by atoms with Crippen LogP contribution in [0, 0.1) is 0 Å². The van der Waals surface area contributed by atoms with Crippen molar-refractivity contribution < 1.29 is 9.21 Å². The van der Waals surface area contributed by atoms with Gasteiger partial charge in [0.1, 0.15) is 5.76 Å². The topological polar surface area (TPSA) is 30.2 Å². The average molecular weight is 178 g/mol. The third-order valence-electron chi connectivity index (χ3n) is 2.76. The van der Waals surface area contributed by atoms with E-state index in [-0.39, 0.29) is 5.78 Å². The zero-order valence-corrected chi connectivity index (χ0v) is 8.09. The molecule has 0 bridgehead atoms. The van der Waals surface area contributed by atoms with Crippen molar-refractivity contribution in [3.05, 3.63) is 23.2 Å². The molecule has 2 heteroatoms. The first-order chi connectivity index (χ1) is 6.18. The van der Waals surface area contributed by atoms with E-state index in [1.54, 1.807) is 6.92 Å². The second-order valence-corrected chi connectivity index (χ2v) is 3.84. The molecule has 0 saturated heterocycles.